The summed E-state index contributed by atoms with van der Waals surface area (Å²) in [6.07, 6.45) is 4.72. The Morgan fingerprint density at radius 3 is 1.68 bits per heavy atom. The number of methoxy groups -OCH3 is 1. The first-order valence-corrected chi connectivity index (χ1v) is 13.0. The maximum atomic E-state index is 5.72. The van der Waals surface area contributed by atoms with Gasteiger partial charge in [-0.2, -0.15) is 0 Å². The fourth-order valence-corrected chi connectivity index (χ4v) is 6.91. The average Bonchev–Trinajstić information content (AvgIpc) is 3.55. The first-order chi connectivity index (χ1) is 18.3. The van der Waals surface area contributed by atoms with Gasteiger partial charge < -0.3 is 4.74 Å². The van der Waals surface area contributed by atoms with Gasteiger partial charge in [-0.25, -0.2) is 0 Å². The molecule has 0 bridgehead atoms. The van der Waals surface area contributed by atoms with E-state index in [1.54, 1.807) is 7.11 Å². The largest absolute Gasteiger partial charge is 0.497 e. The molecule has 1 unspecified atom stereocenters. The summed E-state index contributed by atoms with van der Waals surface area (Å²) in [5, 5.41) is 0. The summed E-state index contributed by atoms with van der Waals surface area (Å²) in [5.41, 5.74) is 10.3. The SMILES string of the molecule is COc1ccc2c(c1)C(C(c1ccccc1)(c1ccccc1)C1c3ccccc3-c3ccccc31)C=C2. The number of hydrogen-bond acceptors (Lipinski definition) is 1. The second-order valence-electron chi connectivity index (χ2n) is 10.0. The van der Waals surface area contributed by atoms with E-state index in [1.807, 2.05) is 0 Å². The van der Waals surface area contributed by atoms with Crippen molar-refractivity contribution in [1.82, 2.24) is 0 Å². The van der Waals surface area contributed by atoms with Gasteiger partial charge in [0, 0.05) is 17.3 Å². The van der Waals surface area contributed by atoms with Gasteiger partial charge in [-0.3, -0.25) is 0 Å². The zero-order valence-corrected chi connectivity index (χ0v) is 20.8. The van der Waals surface area contributed by atoms with Crippen molar-refractivity contribution in [3.05, 3.63) is 167 Å². The maximum absolute atomic E-state index is 5.72. The van der Waals surface area contributed by atoms with Crippen molar-refractivity contribution in [2.45, 2.75) is 17.3 Å². The molecule has 1 atom stereocenters. The molecule has 0 aliphatic heterocycles. The molecular formula is C36H28O. The lowest BCUT2D eigenvalue weighted by molar-refractivity contribution is 0.404. The summed E-state index contributed by atoms with van der Waals surface area (Å²) < 4.78 is 5.72. The van der Waals surface area contributed by atoms with Gasteiger partial charge in [0.25, 0.3) is 0 Å². The maximum Gasteiger partial charge on any atom is 0.119 e. The predicted octanol–water partition coefficient (Wildman–Crippen LogP) is 8.60. The summed E-state index contributed by atoms with van der Waals surface area (Å²) >= 11 is 0. The number of hydrogen-bond donors (Lipinski definition) is 0. The molecule has 0 heterocycles. The van der Waals surface area contributed by atoms with Gasteiger partial charge in [-0.15, -0.1) is 0 Å². The first-order valence-electron chi connectivity index (χ1n) is 13.0. The van der Waals surface area contributed by atoms with Crippen molar-refractivity contribution >= 4 is 6.08 Å². The van der Waals surface area contributed by atoms with Gasteiger partial charge in [-0.1, -0.05) is 127 Å². The van der Waals surface area contributed by atoms with Crippen molar-refractivity contribution in [3.8, 4) is 16.9 Å². The van der Waals surface area contributed by atoms with Gasteiger partial charge in [-0.05, 0) is 56.6 Å². The van der Waals surface area contributed by atoms with Gasteiger partial charge in [0.2, 0.25) is 0 Å². The molecule has 2 aliphatic rings. The topological polar surface area (TPSA) is 9.23 Å². The number of fused-ring (bicyclic) bond motifs is 4. The standard InChI is InChI=1S/C36H28O/c1-37-28-22-20-25-21-23-34(33(25)24-28)36(26-12-4-2-5-13-26,27-14-6-3-7-15-27)35-31-18-10-8-16-29(31)30-17-9-11-19-32(30)35/h2-24,34-35H,1H3. The van der Waals surface area contributed by atoms with Crippen molar-refractivity contribution in [1.29, 1.82) is 0 Å². The Bertz CT molecular complexity index is 1530. The van der Waals surface area contributed by atoms with Gasteiger partial charge >= 0.3 is 0 Å². The van der Waals surface area contributed by atoms with E-state index < -0.39 is 0 Å². The molecule has 0 saturated heterocycles. The van der Waals surface area contributed by atoms with Crippen LogP contribution in [0.5, 0.6) is 5.75 Å². The fraction of sp³-hybridized carbons (Fsp3) is 0.111. The van der Waals surface area contributed by atoms with E-state index in [-0.39, 0.29) is 17.3 Å². The molecular weight excluding hydrogens is 448 g/mol. The Balaban J connectivity index is 1.62. The van der Waals surface area contributed by atoms with Crippen LogP contribution in [0.25, 0.3) is 17.2 Å². The molecule has 0 fully saturated rings. The van der Waals surface area contributed by atoms with E-state index >= 15 is 0 Å². The summed E-state index contributed by atoms with van der Waals surface area (Å²) in [5.74, 6) is 1.15. The smallest absolute Gasteiger partial charge is 0.119 e. The molecule has 178 valence electrons. The fourth-order valence-electron chi connectivity index (χ4n) is 6.91. The Hall–Kier alpha value is -4.36. The Kier molecular flexibility index (Phi) is 5.11. The highest BCUT2D eigenvalue weighted by molar-refractivity contribution is 5.81. The molecule has 0 amide bonds. The van der Waals surface area contributed by atoms with Crippen LogP contribution in [0.15, 0.2) is 133 Å². The Morgan fingerprint density at radius 1 is 0.568 bits per heavy atom. The normalized spacial score (nSPS) is 15.8. The van der Waals surface area contributed by atoms with Crippen molar-refractivity contribution < 1.29 is 4.74 Å². The van der Waals surface area contributed by atoms with E-state index in [0.717, 1.165) is 5.75 Å². The van der Waals surface area contributed by atoms with Crippen LogP contribution in [0.3, 0.4) is 0 Å². The molecule has 1 heteroatoms. The zero-order valence-electron chi connectivity index (χ0n) is 20.8. The van der Waals surface area contributed by atoms with Crippen molar-refractivity contribution in [2.24, 2.45) is 0 Å². The Morgan fingerprint density at radius 2 is 1.11 bits per heavy atom. The molecule has 37 heavy (non-hydrogen) atoms. The predicted molar refractivity (Wildman–Crippen MR) is 152 cm³/mol. The van der Waals surface area contributed by atoms with E-state index in [4.69, 9.17) is 4.74 Å². The minimum atomic E-state index is -0.376. The van der Waals surface area contributed by atoms with Crippen LogP contribution in [-0.2, 0) is 5.41 Å². The summed E-state index contributed by atoms with van der Waals surface area (Å²) in [7, 11) is 1.75. The van der Waals surface area contributed by atoms with Crippen molar-refractivity contribution in [2.75, 3.05) is 7.11 Å². The van der Waals surface area contributed by atoms with Gasteiger partial charge in [0.15, 0.2) is 0 Å². The number of ether oxygens (including phenoxy) is 1. The first kappa shape index (κ1) is 21.9. The van der Waals surface area contributed by atoms with Crippen LogP contribution in [0.1, 0.15) is 45.2 Å². The second-order valence-corrected chi connectivity index (χ2v) is 10.0. The molecule has 5 aromatic carbocycles. The van der Waals surface area contributed by atoms with E-state index in [9.17, 15) is 0 Å². The van der Waals surface area contributed by atoms with Crippen LogP contribution >= 0.6 is 0 Å². The van der Waals surface area contributed by atoms with E-state index in [1.165, 1.54) is 44.5 Å². The third kappa shape index (κ3) is 3.17. The molecule has 0 N–H and O–H groups in total. The Labute approximate surface area is 218 Å². The molecule has 5 aromatic rings. The van der Waals surface area contributed by atoms with Crippen LogP contribution < -0.4 is 4.74 Å². The minimum Gasteiger partial charge on any atom is -0.497 e. The third-order valence-electron chi connectivity index (χ3n) is 8.38. The second kappa shape index (κ2) is 8.64. The zero-order chi connectivity index (χ0) is 24.8. The molecule has 1 nitrogen and oxygen atoms in total. The highest BCUT2D eigenvalue weighted by atomic mass is 16.5. The number of benzene rings is 5. The lowest BCUT2D eigenvalue weighted by Crippen LogP contribution is -2.40. The lowest BCUT2D eigenvalue weighted by atomic mass is 9.55. The van der Waals surface area contributed by atoms with Gasteiger partial charge in [0.1, 0.15) is 5.75 Å². The van der Waals surface area contributed by atoms with E-state index in [0.29, 0.717) is 0 Å². The molecule has 0 spiro atoms. The van der Waals surface area contributed by atoms with Crippen molar-refractivity contribution in [3.63, 3.8) is 0 Å². The van der Waals surface area contributed by atoms with Crippen LogP contribution in [0, 0.1) is 0 Å². The van der Waals surface area contributed by atoms with Gasteiger partial charge in [0.05, 0.1) is 7.11 Å². The van der Waals surface area contributed by atoms with Crippen LogP contribution in [0.2, 0.25) is 0 Å². The molecule has 2 aliphatic carbocycles. The summed E-state index contributed by atoms with van der Waals surface area (Å²) in [4.78, 5) is 0. The lowest BCUT2D eigenvalue weighted by Gasteiger charge is -2.46. The van der Waals surface area contributed by atoms with Crippen LogP contribution in [-0.4, -0.2) is 7.11 Å². The minimum absolute atomic E-state index is 0.117. The highest BCUT2D eigenvalue weighted by Crippen LogP contribution is 2.62. The quantitative estimate of drug-likeness (QED) is 0.247. The summed E-state index contributed by atoms with van der Waals surface area (Å²) in [6.45, 7) is 0. The average molecular weight is 477 g/mol. The van der Waals surface area contributed by atoms with E-state index in [2.05, 4.69) is 140 Å². The molecule has 0 saturated carbocycles. The summed E-state index contributed by atoms with van der Waals surface area (Å²) in [6, 6.07) is 46.8. The molecule has 0 radical (unpaired) electrons. The number of allylic oxidation sites excluding steroid dienone is 1. The monoisotopic (exact) mass is 476 g/mol. The third-order valence-corrected chi connectivity index (χ3v) is 8.38. The number of rotatable bonds is 5. The van der Waals surface area contributed by atoms with Crippen LogP contribution in [0.4, 0.5) is 0 Å². The highest BCUT2D eigenvalue weighted by Gasteiger charge is 2.53. The molecule has 0 aromatic heterocycles. The molecule has 7 rings (SSSR count).